The van der Waals surface area contributed by atoms with Crippen molar-refractivity contribution >= 4 is 17.4 Å². The van der Waals surface area contributed by atoms with Crippen LogP contribution in [0.3, 0.4) is 0 Å². The van der Waals surface area contributed by atoms with Crippen molar-refractivity contribution in [3.05, 3.63) is 24.3 Å². The molecule has 0 spiro atoms. The minimum absolute atomic E-state index is 0.423. The van der Waals surface area contributed by atoms with Crippen LogP contribution < -0.4 is 5.73 Å². The molecule has 0 bridgehead atoms. The summed E-state index contributed by atoms with van der Waals surface area (Å²) in [6.45, 7) is 2.14. The first-order valence-corrected chi connectivity index (χ1v) is 6.36. The summed E-state index contributed by atoms with van der Waals surface area (Å²) in [6, 6.07) is 8.02. The molecule has 2 N–H and O–H groups in total. The third-order valence-corrected chi connectivity index (χ3v) is 3.74. The molecular weight excluding hydrogens is 206 g/mol. The number of hydrogen-bond acceptors (Lipinski definition) is 3. The van der Waals surface area contributed by atoms with Crippen molar-refractivity contribution in [2.45, 2.75) is 36.9 Å². The van der Waals surface area contributed by atoms with Crippen LogP contribution in [0.4, 0.5) is 5.69 Å². The van der Waals surface area contributed by atoms with E-state index in [2.05, 4.69) is 13.0 Å². The van der Waals surface area contributed by atoms with Crippen LogP contribution in [-0.2, 0) is 4.74 Å². The van der Waals surface area contributed by atoms with E-state index in [0.717, 1.165) is 11.4 Å². The highest BCUT2D eigenvalue weighted by atomic mass is 32.2. The molecule has 82 valence electrons. The molecule has 0 radical (unpaired) electrons. The topological polar surface area (TPSA) is 35.2 Å². The van der Waals surface area contributed by atoms with Gasteiger partial charge in [0.1, 0.15) is 0 Å². The van der Waals surface area contributed by atoms with Crippen LogP contribution in [0.5, 0.6) is 0 Å². The van der Waals surface area contributed by atoms with Gasteiger partial charge < -0.3 is 10.5 Å². The smallest absolute Gasteiger partial charge is 0.0673 e. The lowest BCUT2D eigenvalue weighted by Crippen LogP contribution is -2.10. The van der Waals surface area contributed by atoms with Crippen LogP contribution in [0.25, 0.3) is 0 Å². The van der Waals surface area contributed by atoms with Gasteiger partial charge in [-0.3, -0.25) is 0 Å². The van der Waals surface area contributed by atoms with Gasteiger partial charge in [0, 0.05) is 16.3 Å². The number of anilines is 1. The molecular formula is C12H17NOS. The Morgan fingerprint density at radius 3 is 3.00 bits per heavy atom. The third-order valence-electron chi connectivity index (χ3n) is 2.61. The predicted octanol–water partition coefficient (Wildman–Crippen LogP) is 2.93. The highest BCUT2D eigenvalue weighted by Crippen LogP contribution is 2.27. The number of nitrogen functional groups attached to an aromatic ring is 1. The maximum atomic E-state index is 5.76. The van der Waals surface area contributed by atoms with Crippen LogP contribution in [0.15, 0.2) is 29.2 Å². The maximum absolute atomic E-state index is 5.76. The summed E-state index contributed by atoms with van der Waals surface area (Å²) in [5.74, 6) is 1.04. The Hall–Kier alpha value is -0.670. The molecule has 0 saturated carbocycles. The van der Waals surface area contributed by atoms with E-state index in [-0.39, 0.29) is 0 Å². The highest BCUT2D eigenvalue weighted by Gasteiger charge is 2.21. The number of benzene rings is 1. The van der Waals surface area contributed by atoms with E-state index >= 15 is 0 Å². The van der Waals surface area contributed by atoms with E-state index in [9.17, 15) is 0 Å². The van der Waals surface area contributed by atoms with Crippen molar-refractivity contribution in [3.8, 4) is 0 Å². The van der Waals surface area contributed by atoms with Gasteiger partial charge in [0.05, 0.1) is 12.2 Å². The fraction of sp³-hybridized carbons (Fsp3) is 0.500. The zero-order valence-electron chi connectivity index (χ0n) is 8.98. The average Bonchev–Trinajstić information content (AvgIpc) is 2.62. The SMILES string of the molecule is CC1CCC(CSc2cccc(N)c2)O1. The number of rotatable bonds is 3. The molecule has 0 aromatic heterocycles. The first kappa shape index (κ1) is 10.8. The van der Waals surface area contributed by atoms with Gasteiger partial charge in [-0.1, -0.05) is 6.07 Å². The van der Waals surface area contributed by atoms with E-state index < -0.39 is 0 Å². The van der Waals surface area contributed by atoms with Crippen LogP contribution in [-0.4, -0.2) is 18.0 Å². The van der Waals surface area contributed by atoms with Gasteiger partial charge in [0.25, 0.3) is 0 Å². The van der Waals surface area contributed by atoms with Crippen molar-refractivity contribution in [1.29, 1.82) is 0 Å². The molecule has 3 heteroatoms. The number of ether oxygens (including phenoxy) is 1. The summed E-state index contributed by atoms with van der Waals surface area (Å²) in [5, 5.41) is 0. The summed E-state index contributed by atoms with van der Waals surface area (Å²) in [5.41, 5.74) is 6.55. The first-order valence-electron chi connectivity index (χ1n) is 5.38. The average molecular weight is 223 g/mol. The van der Waals surface area contributed by atoms with Crippen LogP contribution in [0.1, 0.15) is 19.8 Å². The van der Waals surface area contributed by atoms with Crippen molar-refractivity contribution in [3.63, 3.8) is 0 Å². The summed E-state index contributed by atoms with van der Waals surface area (Å²) in [4.78, 5) is 1.23. The lowest BCUT2D eigenvalue weighted by molar-refractivity contribution is 0.0700. The molecule has 1 aliphatic rings. The highest BCUT2D eigenvalue weighted by molar-refractivity contribution is 7.99. The van der Waals surface area contributed by atoms with E-state index in [4.69, 9.17) is 10.5 Å². The molecule has 1 aliphatic heterocycles. The van der Waals surface area contributed by atoms with Gasteiger partial charge in [0.2, 0.25) is 0 Å². The Labute approximate surface area is 95.2 Å². The van der Waals surface area contributed by atoms with Crippen molar-refractivity contribution in [2.75, 3.05) is 11.5 Å². The quantitative estimate of drug-likeness (QED) is 0.632. The first-order chi connectivity index (χ1) is 7.24. The van der Waals surface area contributed by atoms with E-state index in [0.29, 0.717) is 12.2 Å². The fourth-order valence-corrected chi connectivity index (χ4v) is 2.82. The third kappa shape index (κ3) is 3.14. The second-order valence-corrected chi connectivity index (χ2v) is 5.12. The van der Waals surface area contributed by atoms with Crippen LogP contribution in [0, 0.1) is 0 Å². The molecule has 2 nitrogen and oxygen atoms in total. The molecule has 0 aliphatic carbocycles. The van der Waals surface area contributed by atoms with Crippen molar-refractivity contribution in [1.82, 2.24) is 0 Å². The van der Waals surface area contributed by atoms with Gasteiger partial charge in [0.15, 0.2) is 0 Å². The zero-order valence-corrected chi connectivity index (χ0v) is 9.80. The molecule has 1 aromatic rings. The lowest BCUT2D eigenvalue weighted by Gasteiger charge is -2.10. The van der Waals surface area contributed by atoms with Crippen LogP contribution >= 0.6 is 11.8 Å². The second kappa shape index (κ2) is 4.90. The molecule has 15 heavy (non-hydrogen) atoms. The molecule has 2 atom stereocenters. The number of nitrogens with two attached hydrogens (primary N) is 1. The molecule has 2 unspecified atom stereocenters. The fourth-order valence-electron chi connectivity index (χ4n) is 1.80. The Morgan fingerprint density at radius 2 is 2.33 bits per heavy atom. The summed E-state index contributed by atoms with van der Waals surface area (Å²) >= 11 is 1.83. The van der Waals surface area contributed by atoms with E-state index in [1.54, 1.807) is 0 Å². The van der Waals surface area contributed by atoms with Gasteiger partial charge >= 0.3 is 0 Å². The molecule has 1 saturated heterocycles. The standard InChI is InChI=1S/C12H17NOS/c1-9-5-6-11(14-9)8-15-12-4-2-3-10(13)7-12/h2-4,7,9,11H,5-6,8,13H2,1H3. The van der Waals surface area contributed by atoms with Gasteiger partial charge in [-0.15, -0.1) is 11.8 Å². The van der Waals surface area contributed by atoms with Crippen molar-refractivity contribution in [2.24, 2.45) is 0 Å². The largest absolute Gasteiger partial charge is 0.399 e. The van der Waals surface area contributed by atoms with Crippen molar-refractivity contribution < 1.29 is 4.74 Å². The molecule has 1 aromatic carbocycles. The lowest BCUT2D eigenvalue weighted by atomic mass is 10.2. The summed E-state index contributed by atoms with van der Waals surface area (Å²) in [6.07, 6.45) is 3.25. The Kier molecular flexibility index (Phi) is 3.54. The minimum atomic E-state index is 0.423. The minimum Gasteiger partial charge on any atom is -0.399 e. The molecule has 2 rings (SSSR count). The summed E-state index contributed by atoms with van der Waals surface area (Å²) < 4.78 is 5.76. The van der Waals surface area contributed by atoms with Crippen LogP contribution in [0.2, 0.25) is 0 Å². The summed E-state index contributed by atoms with van der Waals surface area (Å²) in [7, 11) is 0. The molecule has 1 heterocycles. The Balaban J connectivity index is 1.83. The number of thioether (sulfide) groups is 1. The Morgan fingerprint density at radius 1 is 1.47 bits per heavy atom. The van der Waals surface area contributed by atoms with Gasteiger partial charge in [-0.25, -0.2) is 0 Å². The van der Waals surface area contributed by atoms with Gasteiger partial charge in [-0.05, 0) is 38.0 Å². The monoisotopic (exact) mass is 223 g/mol. The van der Waals surface area contributed by atoms with Gasteiger partial charge in [-0.2, -0.15) is 0 Å². The normalized spacial score (nSPS) is 25.7. The van der Waals surface area contributed by atoms with E-state index in [1.807, 2.05) is 30.0 Å². The molecule has 0 amide bonds. The second-order valence-electron chi connectivity index (χ2n) is 4.03. The Bertz CT molecular complexity index is 329. The predicted molar refractivity (Wildman–Crippen MR) is 65.1 cm³/mol. The zero-order chi connectivity index (χ0) is 10.7. The molecule has 1 fully saturated rings. The number of hydrogen-bond donors (Lipinski definition) is 1. The van der Waals surface area contributed by atoms with E-state index in [1.165, 1.54) is 17.7 Å². The maximum Gasteiger partial charge on any atom is 0.0673 e.